The van der Waals surface area contributed by atoms with E-state index >= 15 is 0 Å². The Kier molecular flexibility index (Phi) is 6.95. The lowest BCUT2D eigenvalue weighted by atomic mass is 10.1. The highest BCUT2D eigenvalue weighted by molar-refractivity contribution is 6.30. The van der Waals surface area contributed by atoms with Crippen molar-refractivity contribution in [2.75, 3.05) is 19.6 Å². The van der Waals surface area contributed by atoms with Crippen LogP contribution in [0.25, 0.3) is 0 Å². The van der Waals surface area contributed by atoms with Crippen molar-refractivity contribution in [2.45, 2.75) is 45.9 Å². The summed E-state index contributed by atoms with van der Waals surface area (Å²) in [7, 11) is 0. The lowest BCUT2D eigenvalue weighted by Gasteiger charge is -2.23. The molecule has 4 heteroatoms. The van der Waals surface area contributed by atoms with Crippen LogP contribution in [0.1, 0.15) is 36.5 Å². The van der Waals surface area contributed by atoms with E-state index in [4.69, 9.17) is 16.3 Å². The van der Waals surface area contributed by atoms with Crippen molar-refractivity contribution in [3.63, 3.8) is 0 Å². The molecule has 1 aliphatic rings. The first-order valence-electron chi connectivity index (χ1n) is 9.57. The van der Waals surface area contributed by atoms with E-state index in [1.807, 2.05) is 18.2 Å². The van der Waals surface area contributed by atoms with Crippen molar-refractivity contribution in [3.05, 3.63) is 64.2 Å². The van der Waals surface area contributed by atoms with Gasteiger partial charge in [-0.2, -0.15) is 0 Å². The van der Waals surface area contributed by atoms with Crippen LogP contribution in [0.15, 0.2) is 42.5 Å². The van der Waals surface area contributed by atoms with Crippen LogP contribution < -0.4 is 10.1 Å². The fraction of sp³-hybridized carbons (Fsp3) is 0.455. The molecule has 0 aliphatic carbocycles. The van der Waals surface area contributed by atoms with E-state index in [1.54, 1.807) is 0 Å². The maximum Gasteiger partial charge on any atom is 0.124 e. The minimum Gasteiger partial charge on any atom is -0.489 e. The number of nitrogens with one attached hydrogen (secondary N) is 1. The molecule has 3 nitrogen and oxygen atoms in total. The minimum absolute atomic E-state index is 0.571. The zero-order valence-electron chi connectivity index (χ0n) is 15.8. The third kappa shape index (κ3) is 5.23. The Hall–Kier alpha value is -1.55. The van der Waals surface area contributed by atoms with Crippen LogP contribution >= 0.6 is 11.6 Å². The molecule has 0 bridgehead atoms. The maximum atomic E-state index is 6.21. The van der Waals surface area contributed by atoms with E-state index in [9.17, 15) is 0 Å². The zero-order valence-corrected chi connectivity index (χ0v) is 16.6. The van der Waals surface area contributed by atoms with Crippen LogP contribution in [0.4, 0.5) is 0 Å². The van der Waals surface area contributed by atoms with Crippen molar-refractivity contribution in [1.29, 1.82) is 0 Å². The van der Waals surface area contributed by atoms with Crippen molar-refractivity contribution in [2.24, 2.45) is 0 Å². The molecule has 2 aromatic carbocycles. The number of nitrogens with zero attached hydrogens (tertiary/aromatic N) is 1. The quantitative estimate of drug-likeness (QED) is 0.720. The fourth-order valence-corrected chi connectivity index (χ4v) is 3.78. The largest absolute Gasteiger partial charge is 0.489 e. The number of ether oxygens (including phenoxy) is 1. The number of halogens is 1. The number of aryl methyl sites for hydroxylation is 1. The highest BCUT2D eigenvalue weighted by Crippen LogP contribution is 2.24. The highest BCUT2D eigenvalue weighted by Gasteiger charge is 2.22. The van der Waals surface area contributed by atoms with Crippen LogP contribution in [0.3, 0.4) is 0 Å². The molecule has 1 aliphatic heterocycles. The molecule has 0 amide bonds. The van der Waals surface area contributed by atoms with Gasteiger partial charge in [-0.25, -0.2) is 0 Å². The molecular formula is C22H29ClN2O. The van der Waals surface area contributed by atoms with Crippen LogP contribution in [-0.4, -0.2) is 30.6 Å². The maximum absolute atomic E-state index is 6.21. The van der Waals surface area contributed by atoms with Crippen LogP contribution in [-0.2, 0) is 13.2 Å². The molecule has 140 valence electrons. The van der Waals surface area contributed by atoms with Gasteiger partial charge in [0, 0.05) is 29.7 Å². The Morgan fingerprint density at radius 2 is 2.00 bits per heavy atom. The average Bonchev–Trinajstić information content (AvgIpc) is 3.10. The molecule has 1 N–H and O–H groups in total. The fourth-order valence-electron chi connectivity index (χ4n) is 3.59. The van der Waals surface area contributed by atoms with Gasteiger partial charge in [-0.05, 0) is 56.6 Å². The first-order chi connectivity index (χ1) is 12.7. The van der Waals surface area contributed by atoms with E-state index < -0.39 is 0 Å². The average molecular weight is 373 g/mol. The highest BCUT2D eigenvalue weighted by atomic mass is 35.5. The molecule has 0 aromatic heterocycles. The van der Waals surface area contributed by atoms with E-state index in [2.05, 4.69) is 48.3 Å². The SMILES string of the molecule is CCN1CCC[C@H]1CNCc1cc(Cl)ccc1OCc1ccc(C)cc1. The van der Waals surface area contributed by atoms with Gasteiger partial charge in [0.25, 0.3) is 0 Å². The second-order valence-electron chi connectivity index (χ2n) is 7.08. The predicted octanol–water partition coefficient (Wildman–Crippen LogP) is 4.80. The lowest BCUT2D eigenvalue weighted by Crippen LogP contribution is -2.37. The number of rotatable bonds is 8. The van der Waals surface area contributed by atoms with Crippen LogP contribution in [0, 0.1) is 6.92 Å². The molecule has 3 rings (SSSR count). The molecule has 1 fully saturated rings. The number of benzene rings is 2. The smallest absolute Gasteiger partial charge is 0.124 e. The summed E-state index contributed by atoms with van der Waals surface area (Å²) in [5.74, 6) is 0.904. The van der Waals surface area contributed by atoms with E-state index in [0.29, 0.717) is 12.6 Å². The molecule has 1 saturated heterocycles. The molecule has 0 spiro atoms. The van der Waals surface area contributed by atoms with Crippen LogP contribution in [0.5, 0.6) is 5.75 Å². The van der Waals surface area contributed by atoms with Gasteiger partial charge in [-0.1, -0.05) is 48.4 Å². The van der Waals surface area contributed by atoms with Crippen molar-refractivity contribution < 1.29 is 4.74 Å². The summed E-state index contributed by atoms with van der Waals surface area (Å²) in [6.07, 6.45) is 2.59. The number of likely N-dealkylation sites (tertiary alicyclic amines) is 1. The summed E-state index contributed by atoms with van der Waals surface area (Å²) in [5, 5.41) is 4.35. The summed E-state index contributed by atoms with van der Waals surface area (Å²) in [6.45, 7) is 9.06. The summed E-state index contributed by atoms with van der Waals surface area (Å²) in [5.41, 5.74) is 3.55. The van der Waals surface area contributed by atoms with Gasteiger partial charge in [0.1, 0.15) is 12.4 Å². The van der Waals surface area contributed by atoms with Gasteiger partial charge in [-0.3, -0.25) is 4.90 Å². The first kappa shape index (κ1) is 19.2. The first-order valence-corrected chi connectivity index (χ1v) is 9.95. The summed E-state index contributed by atoms with van der Waals surface area (Å²) in [6, 6.07) is 15.0. The van der Waals surface area contributed by atoms with Gasteiger partial charge < -0.3 is 10.1 Å². The third-order valence-corrected chi connectivity index (χ3v) is 5.37. The molecule has 1 atom stereocenters. The lowest BCUT2D eigenvalue weighted by molar-refractivity contribution is 0.259. The monoisotopic (exact) mass is 372 g/mol. The van der Waals surface area contributed by atoms with E-state index in [0.717, 1.165) is 36.0 Å². The standard InChI is InChI=1S/C22H29ClN2O/c1-3-25-12-4-5-21(25)15-24-14-19-13-20(23)10-11-22(19)26-16-18-8-6-17(2)7-9-18/h6-11,13,21,24H,3-5,12,14-16H2,1-2H3/t21-/m0/s1. The van der Waals surface area contributed by atoms with Crippen molar-refractivity contribution in [3.8, 4) is 5.75 Å². The molecule has 0 unspecified atom stereocenters. The van der Waals surface area contributed by atoms with Crippen molar-refractivity contribution in [1.82, 2.24) is 10.2 Å². The molecule has 26 heavy (non-hydrogen) atoms. The van der Waals surface area contributed by atoms with Gasteiger partial charge in [0.15, 0.2) is 0 Å². The minimum atomic E-state index is 0.571. The molecule has 0 saturated carbocycles. The van der Waals surface area contributed by atoms with E-state index in [1.165, 1.54) is 30.5 Å². The Labute approximate surface area is 162 Å². The Morgan fingerprint density at radius 3 is 2.77 bits per heavy atom. The van der Waals surface area contributed by atoms with Gasteiger partial charge in [-0.15, -0.1) is 0 Å². The van der Waals surface area contributed by atoms with Gasteiger partial charge in [0.05, 0.1) is 0 Å². The van der Waals surface area contributed by atoms with E-state index in [-0.39, 0.29) is 0 Å². The summed E-state index contributed by atoms with van der Waals surface area (Å²) >= 11 is 6.21. The Morgan fingerprint density at radius 1 is 1.19 bits per heavy atom. The topological polar surface area (TPSA) is 24.5 Å². The van der Waals surface area contributed by atoms with Crippen molar-refractivity contribution >= 4 is 11.6 Å². The summed E-state index contributed by atoms with van der Waals surface area (Å²) < 4.78 is 6.07. The van der Waals surface area contributed by atoms with Gasteiger partial charge >= 0.3 is 0 Å². The molecular weight excluding hydrogens is 344 g/mol. The number of likely N-dealkylation sites (N-methyl/N-ethyl adjacent to an activating group) is 1. The summed E-state index contributed by atoms with van der Waals surface area (Å²) in [4.78, 5) is 2.56. The van der Waals surface area contributed by atoms with Gasteiger partial charge in [0.2, 0.25) is 0 Å². The number of hydrogen-bond acceptors (Lipinski definition) is 3. The second-order valence-corrected chi connectivity index (χ2v) is 7.52. The molecule has 2 aromatic rings. The third-order valence-electron chi connectivity index (χ3n) is 5.14. The van der Waals surface area contributed by atoms with Crippen LogP contribution in [0.2, 0.25) is 5.02 Å². The molecule has 1 heterocycles. The Balaban J connectivity index is 1.57. The normalized spacial score (nSPS) is 17.6. The second kappa shape index (κ2) is 9.40. The Bertz CT molecular complexity index is 702. The zero-order chi connectivity index (χ0) is 18.4. The predicted molar refractivity (Wildman–Crippen MR) is 109 cm³/mol. The molecule has 0 radical (unpaired) electrons. The number of hydrogen-bond donors (Lipinski definition) is 1.